The maximum Gasteiger partial charge on any atom is 0.129 e. The molecule has 108 valence electrons. The van der Waals surface area contributed by atoms with Crippen LogP contribution < -0.4 is 0 Å². The first-order chi connectivity index (χ1) is 9.95. The summed E-state index contributed by atoms with van der Waals surface area (Å²) in [4.78, 5) is 3.35. The van der Waals surface area contributed by atoms with E-state index in [0.29, 0.717) is 4.47 Å². The van der Waals surface area contributed by atoms with Crippen molar-refractivity contribution in [3.05, 3.63) is 59.5 Å². The summed E-state index contributed by atoms with van der Waals surface area (Å²) in [6, 6.07) is 9.73. The number of phenolic OH excluding ortho intramolecular Hbond substituents is 1. The normalized spacial score (nSPS) is 11.2. The highest BCUT2D eigenvalue weighted by atomic mass is 79.9. The fourth-order valence-corrected chi connectivity index (χ4v) is 3.93. The second-order valence-corrected chi connectivity index (χ2v) is 8.05. The molecule has 0 saturated carbocycles. The molecule has 0 saturated heterocycles. The number of aromatic hydroxyl groups is 1. The largest absolute Gasteiger partial charge is 0.507 e. The van der Waals surface area contributed by atoms with Gasteiger partial charge in [0.15, 0.2) is 0 Å². The summed E-state index contributed by atoms with van der Waals surface area (Å²) in [6.07, 6.45) is 0.771. The van der Waals surface area contributed by atoms with Crippen LogP contribution >= 0.6 is 63.7 Å². The Morgan fingerprint density at radius 3 is 2.33 bits per heavy atom. The zero-order valence-corrected chi connectivity index (χ0v) is 16.9. The molecule has 0 aliphatic carbocycles. The van der Waals surface area contributed by atoms with E-state index in [1.807, 2.05) is 12.1 Å². The van der Waals surface area contributed by atoms with Gasteiger partial charge in [0.2, 0.25) is 0 Å². The SMILES string of the molecule is Oc1ccc(Cc2c(Br)[nH]c3cc(Br)c(Br)cc23)cc1Br. The first-order valence-electron chi connectivity index (χ1n) is 6.08. The second-order valence-electron chi connectivity index (χ2n) is 4.69. The first kappa shape index (κ1) is 15.6. The van der Waals surface area contributed by atoms with E-state index < -0.39 is 0 Å². The molecule has 1 aromatic heterocycles. The first-order valence-corrected chi connectivity index (χ1v) is 9.25. The van der Waals surface area contributed by atoms with Crippen LogP contribution in [0.25, 0.3) is 10.9 Å². The Labute approximate surface area is 155 Å². The molecule has 2 nitrogen and oxygen atoms in total. The molecule has 6 heteroatoms. The van der Waals surface area contributed by atoms with Crippen LogP contribution in [-0.4, -0.2) is 10.1 Å². The molecule has 21 heavy (non-hydrogen) atoms. The lowest BCUT2D eigenvalue weighted by atomic mass is 10.0. The van der Waals surface area contributed by atoms with Gasteiger partial charge < -0.3 is 10.1 Å². The average Bonchev–Trinajstić information content (AvgIpc) is 2.71. The minimum absolute atomic E-state index is 0.253. The van der Waals surface area contributed by atoms with Crippen LogP contribution in [0.1, 0.15) is 11.1 Å². The molecular weight excluding hydrogens is 530 g/mol. The Hall–Kier alpha value is -0.300. The lowest BCUT2D eigenvalue weighted by molar-refractivity contribution is 0.471. The van der Waals surface area contributed by atoms with Crippen LogP contribution in [0.2, 0.25) is 0 Å². The van der Waals surface area contributed by atoms with E-state index in [0.717, 1.165) is 31.0 Å². The van der Waals surface area contributed by atoms with Gasteiger partial charge in [-0.2, -0.15) is 0 Å². The number of H-pyrrole nitrogens is 1. The predicted molar refractivity (Wildman–Crippen MR) is 100 cm³/mol. The van der Waals surface area contributed by atoms with Crippen molar-refractivity contribution in [3.8, 4) is 5.75 Å². The maximum absolute atomic E-state index is 9.59. The van der Waals surface area contributed by atoms with E-state index in [9.17, 15) is 5.11 Å². The number of hydrogen-bond donors (Lipinski definition) is 2. The summed E-state index contributed by atoms with van der Waals surface area (Å²) in [6.45, 7) is 0. The highest BCUT2D eigenvalue weighted by molar-refractivity contribution is 9.13. The van der Waals surface area contributed by atoms with Gasteiger partial charge in [-0.25, -0.2) is 0 Å². The summed E-state index contributed by atoms with van der Waals surface area (Å²) >= 11 is 14.0. The van der Waals surface area contributed by atoms with E-state index in [2.05, 4.69) is 80.8 Å². The van der Waals surface area contributed by atoms with Gasteiger partial charge >= 0.3 is 0 Å². The molecule has 0 amide bonds. The molecule has 0 spiro atoms. The molecule has 0 fully saturated rings. The van der Waals surface area contributed by atoms with Crippen molar-refractivity contribution >= 4 is 74.6 Å². The summed E-state index contributed by atoms with van der Waals surface area (Å²) in [5.41, 5.74) is 3.39. The molecule has 1 heterocycles. The molecule has 0 aliphatic rings. The van der Waals surface area contributed by atoms with Crippen molar-refractivity contribution in [2.75, 3.05) is 0 Å². The Balaban J connectivity index is 2.09. The standard InChI is InChI=1S/C15H9Br4NO/c16-10-5-8-9(15(19)20-13(8)6-11(10)17)3-7-1-2-14(21)12(18)4-7/h1-2,4-6,20-21H,3H2. The number of rotatable bonds is 2. The predicted octanol–water partition coefficient (Wildman–Crippen LogP) is 6.51. The van der Waals surface area contributed by atoms with Crippen molar-refractivity contribution in [2.45, 2.75) is 6.42 Å². The van der Waals surface area contributed by atoms with E-state index in [1.165, 1.54) is 10.9 Å². The molecule has 0 aliphatic heterocycles. The second kappa shape index (κ2) is 6.07. The third kappa shape index (κ3) is 3.09. The fraction of sp³-hybridized carbons (Fsp3) is 0.0667. The zero-order chi connectivity index (χ0) is 15.1. The highest BCUT2D eigenvalue weighted by Gasteiger charge is 2.13. The number of nitrogens with one attached hydrogen (secondary N) is 1. The maximum atomic E-state index is 9.59. The van der Waals surface area contributed by atoms with Crippen LogP contribution in [0.5, 0.6) is 5.75 Å². The third-order valence-corrected chi connectivity index (χ3v) is 6.44. The van der Waals surface area contributed by atoms with Crippen molar-refractivity contribution in [1.82, 2.24) is 4.98 Å². The van der Waals surface area contributed by atoms with Crippen molar-refractivity contribution in [3.63, 3.8) is 0 Å². The molecule has 2 aromatic carbocycles. The molecule has 2 N–H and O–H groups in total. The number of aromatic amines is 1. The summed E-state index contributed by atoms with van der Waals surface area (Å²) in [7, 11) is 0. The smallest absolute Gasteiger partial charge is 0.129 e. The number of phenols is 1. The van der Waals surface area contributed by atoms with Gasteiger partial charge in [0.05, 0.1) is 9.08 Å². The Morgan fingerprint density at radius 1 is 0.905 bits per heavy atom. The Morgan fingerprint density at radius 2 is 1.62 bits per heavy atom. The Bertz CT molecular complexity index is 841. The van der Waals surface area contributed by atoms with E-state index >= 15 is 0 Å². The monoisotopic (exact) mass is 535 g/mol. The third-order valence-electron chi connectivity index (χ3n) is 3.29. The summed E-state index contributed by atoms with van der Waals surface area (Å²) in [5, 5.41) is 10.8. The van der Waals surface area contributed by atoms with Crippen molar-refractivity contribution in [1.29, 1.82) is 0 Å². The van der Waals surface area contributed by atoms with Gasteiger partial charge in [0, 0.05) is 26.3 Å². The molecule has 3 aromatic rings. The number of halogens is 4. The number of aromatic nitrogens is 1. The van der Waals surface area contributed by atoms with E-state index in [-0.39, 0.29) is 5.75 Å². The lowest BCUT2D eigenvalue weighted by Crippen LogP contribution is -1.88. The molecular formula is C15H9Br4NO. The highest BCUT2D eigenvalue weighted by Crippen LogP contribution is 2.35. The van der Waals surface area contributed by atoms with Gasteiger partial charge in [-0.05, 0) is 99.1 Å². The Kier molecular flexibility index (Phi) is 4.50. The number of benzene rings is 2. The summed E-state index contributed by atoms with van der Waals surface area (Å²) < 4.78 is 3.73. The quantitative estimate of drug-likeness (QED) is 0.383. The van der Waals surface area contributed by atoms with Crippen molar-refractivity contribution < 1.29 is 5.11 Å². The fourth-order valence-electron chi connectivity index (χ4n) is 2.25. The van der Waals surface area contributed by atoms with Gasteiger partial charge in [-0.3, -0.25) is 0 Å². The molecule has 0 atom stereocenters. The number of fused-ring (bicyclic) bond motifs is 1. The van der Waals surface area contributed by atoms with Crippen LogP contribution in [0.4, 0.5) is 0 Å². The zero-order valence-electron chi connectivity index (χ0n) is 10.6. The summed E-state index contributed by atoms with van der Waals surface area (Å²) in [5.74, 6) is 0.253. The molecule has 3 rings (SSSR count). The minimum atomic E-state index is 0.253. The molecule has 0 bridgehead atoms. The van der Waals surface area contributed by atoms with Crippen LogP contribution in [-0.2, 0) is 6.42 Å². The van der Waals surface area contributed by atoms with Gasteiger partial charge in [-0.1, -0.05) is 6.07 Å². The molecule has 0 radical (unpaired) electrons. The number of hydrogen-bond acceptors (Lipinski definition) is 1. The van der Waals surface area contributed by atoms with Crippen LogP contribution in [0.3, 0.4) is 0 Å². The van der Waals surface area contributed by atoms with Gasteiger partial charge in [0.1, 0.15) is 5.75 Å². The average molecular weight is 539 g/mol. The molecule has 0 unspecified atom stereocenters. The van der Waals surface area contributed by atoms with Gasteiger partial charge in [-0.15, -0.1) is 0 Å². The van der Waals surface area contributed by atoms with Crippen LogP contribution in [0.15, 0.2) is 48.4 Å². The minimum Gasteiger partial charge on any atom is -0.507 e. The van der Waals surface area contributed by atoms with E-state index in [4.69, 9.17) is 0 Å². The van der Waals surface area contributed by atoms with Crippen molar-refractivity contribution in [2.24, 2.45) is 0 Å². The van der Waals surface area contributed by atoms with Crippen LogP contribution in [0, 0.1) is 0 Å². The van der Waals surface area contributed by atoms with Gasteiger partial charge in [0.25, 0.3) is 0 Å². The topological polar surface area (TPSA) is 36.0 Å². The van der Waals surface area contributed by atoms with E-state index in [1.54, 1.807) is 6.07 Å². The lowest BCUT2D eigenvalue weighted by Gasteiger charge is -2.05.